The lowest BCUT2D eigenvalue weighted by Gasteiger charge is -2.57. The SMILES string of the molecule is O=C(O)c1ccc(-c2ccc(C34CC5CC(CC(C5)C3)C4)cc2[N+](=O)[O-])o1. The minimum Gasteiger partial charge on any atom is -0.475 e. The standard InChI is InChI=1S/C21H21NO5/c23-20(24)19-4-3-18(27-19)16-2-1-15(8-17(16)22(25)26)21-9-12-5-13(10-21)7-14(6-12)11-21/h1-4,8,12-14H,5-7,9-11H2,(H,23,24). The summed E-state index contributed by atoms with van der Waals surface area (Å²) in [5, 5.41) is 20.8. The molecule has 0 radical (unpaired) electrons. The highest BCUT2D eigenvalue weighted by atomic mass is 16.6. The number of carbonyl (C=O) groups is 1. The lowest BCUT2D eigenvalue weighted by atomic mass is 9.48. The van der Waals surface area contributed by atoms with E-state index in [0.29, 0.717) is 5.56 Å². The zero-order valence-corrected chi connectivity index (χ0v) is 14.9. The summed E-state index contributed by atoms with van der Waals surface area (Å²) in [5.41, 5.74) is 1.48. The molecule has 0 aliphatic heterocycles. The maximum Gasteiger partial charge on any atom is 0.371 e. The minimum absolute atomic E-state index is 0.00506. The summed E-state index contributed by atoms with van der Waals surface area (Å²) >= 11 is 0. The smallest absolute Gasteiger partial charge is 0.371 e. The molecule has 27 heavy (non-hydrogen) atoms. The molecular weight excluding hydrogens is 346 g/mol. The maximum atomic E-state index is 11.8. The van der Waals surface area contributed by atoms with E-state index in [2.05, 4.69) is 0 Å². The van der Waals surface area contributed by atoms with Crippen LogP contribution in [0, 0.1) is 27.9 Å². The molecule has 1 aromatic heterocycles. The number of carboxylic acid groups (broad SMARTS) is 1. The molecule has 0 amide bonds. The Labute approximate surface area is 156 Å². The first-order valence-corrected chi connectivity index (χ1v) is 9.56. The Morgan fingerprint density at radius 3 is 2.22 bits per heavy atom. The number of aromatic carboxylic acids is 1. The molecule has 1 N–H and O–H groups in total. The van der Waals surface area contributed by atoms with Gasteiger partial charge in [-0.05, 0) is 85.5 Å². The molecule has 4 fully saturated rings. The highest BCUT2D eigenvalue weighted by Gasteiger charge is 2.51. The second kappa shape index (κ2) is 5.68. The van der Waals surface area contributed by atoms with E-state index in [-0.39, 0.29) is 27.5 Å². The van der Waals surface area contributed by atoms with Crippen LogP contribution < -0.4 is 0 Å². The molecule has 4 aliphatic carbocycles. The molecular formula is C21H21NO5. The Balaban J connectivity index is 1.57. The van der Waals surface area contributed by atoms with E-state index in [9.17, 15) is 14.9 Å². The van der Waals surface area contributed by atoms with E-state index in [1.807, 2.05) is 6.07 Å². The van der Waals surface area contributed by atoms with E-state index < -0.39 is 5.97 Å². The molecule has 140 valence electrons. The van der Waals surface area contributed by atoms with Crippen molar-refractivity contribution in [1.29, 1.82) is 0 Å². The van der Waals surface area contributed by atoms with Crippen molar-refractivity contribution in [2.45, 2.75) is 43.9 Å². The van der Waals surface area contributed by atoms with Gasteiger partial charge in [0.15, 0.2) is 0 Å². The number of rotatable bonds is 4. The zero-order chi connectivity index (χ0) is 18.8. The van der Waals surface area contributed by atoms with E-state index >= 15 is 0 Å². The van der Waals surface area contributed by atoms with Gasteiger partial charge in [0, 0.05) is 6.07 Å². The van der Waals surface area contributed by atoms with Gasteiger partial charge in [-0.15, -0.1) is 0 Å². The molecule has 1 heterocycles. The predicted molar refractivity (Wildman–Crippen MR) is 97.6 cm³/mol. The molecule has 6 rings (SSSR count). The number of nitro benzene ring substituents is 1. The van der Waals surface area contributed by atoms with Crippen molar-refractivity contribution in [3.8, 4) is 11.3 Å². The minimum atomic E-state index is -1.19. The summed E-state index contributed by atoms with van der Waals surface area (Å²) in [6.45, 7) is 0. The number of furan rings is 1. The van der Waals surface area contributed by atoms with Gasteiger partial charge in [-0.1, -0.05) is 6.07 Å². The monoisotopic (exact) mass is 367 g/mol. The summed E-state index contributed by atoms with van der Waals surface area (Å²) in [6.07, 6.45) is 7.38. The second-order valence-corrected chi connectivity index (χ2v) is 8.66. The van der Waals surface area contributed by atoms with Gasteiger partial charge in [0.25, 0.3) is 5.69 Å². The van der Waals surface area contributed by atoms with Crippen molar-refractivity contribution in [2.24, 2.45) is 17.8 Å². The Bertz CT molecular complexity index is 909. The summed E-state index contributed by atoms with van der Waals surface area (Å²) in [5.74, 6) is 1.10. The fourth-order valence-corrected chi connectivity index (χ4v) is 6.28. The van der Waals surface area contributed by atoms with Crippen molar-refractivity contribution in [1.82, 2.24) is 0 Å². The first kappa shape index (κ1) is 16.5. The molecule has 0 unspecified atom stereocenters. The molecule has 4 aliphatic rings. The van der Waals surface area contributed by atoms with Crippen LogP contribution in [0.4, 0.5) is 5.69 Å². The Hall–Kier alpha value is -2.63. The number of hydrogen-bond acceptors (Lipinski definition) is 4. The average Bonchev–Trinajstić information content (AvgIpc) is 3.10. The van der Waals surface area contributed by atoms with Crippen molar-refractivity contribution in [3.63, 3.8) is 0 Å². The Morgan fingerprint density at radius 1 is 1.07 bits per heavy atom. The number of benzene rings is 1. The average molecular weight is 367 g/mol. The summed E-state index contributed by atoms with van der Waals surface area (Å²) < 4.78 is 5.31. The molecule has 0 atom stereocenters. The molecule has 2 aromatic rings. The van der Waals surface area contributed by atoms with Gasteiger partial charge in [-0.2, -0.15) is 0 Å². The van der Waals surface area contributed by atoms with Crippen LogP contribution >= 0.6 is 0 Å². The lowest BCUT2D eigenvalue weighted by molar-refractivity contribution is -0.384. The van der Waals surface area contributed by atoms with E-state index in [0.717, 1.165) is 42.6 Å². The third-order valence-electron chi connectivity index (χ3n) is 6.93. The van der Waals surface area contributed by atoms with Crippen LogP contribution in [0.1, 0.15) is 54.6 Å². The van der Waals surface area contributed by atoms with Crippen molar-refractivity contribution in [3.05, 3.63) is 51.8 Å². The van der Waals surface area contributed by atoms with Crippen LogP contribution in [0.2, 0.25) is 0 Å². The topological polar surface area (TPSA) is 93.6 Å². The van der Waals surface area contributed by atoms with Crippen LogP contribution in [0.3, 0.4) is 0 Å². The van der Waals surface area contributed by atoms with Gasteiger partial charge >= 0.3 is 5.97 Å². The van der Waals surface area contributed by atoms with Crippen LogP contribution in [0.15, 0.2) is 34.7 Å². The first-order valence-electron chi connectivity index (χ1n) is 9.56. The lowest BCUT2D eigenvalue weighted by Crippen LogP contribution is -2.48. The van der Waals surface area contributed by atoms with Crippen molar-refractivity contribution >= 4 is 11.7 Å². The quantitative estimate of drug-likeness (QED) is 0.605. The fourth-order valence-electron chi connectivity index (χ4n) is 6.28. The molecule has 1 aromatic carbocycles. The van der Waals surface area contributed by atoms with Crippen LogP contribution in [0.25, 0.3) is 11.3 Å². The van der Waals surface area contributed by atoms with Gasteiger partial charge < -0.3 is 9.52 Å². The van der Waals surface area contributed by atoms with E-state index in [1.165, 1.54) is 31.4 Å². The number of carboxylic acids is 1. The number of nitrogens with zero attached hydrogens (tertiary/aromatic N) is 1. The maximum absolute atomic E-state index is 11.8. The summed E-state index contributed by atoms with van der Waals surface area (Å²) in [6, 6.07) is 8.25. The van der Waals surface area contributed by atoms with Crippen molar-refractivity contribution in [2.75, 3.05) is 0 Å². The highest BCUT2D eigenvalue weighted by molar-refractivity contribution is 5.85. The van der Waals surface area contributed by atoms with Gasteiger partial charge in [0.1, 0.15) is 5.76 Å². The van der Waals surface area contributed by atoms with Crippen LogP contribution in [0.5, 0.6) is 0 Å². The predicted octanol–water partition coefficient (Wildman–Crippen LogP) is 5.02. The number of hydrogen-bond donors (Lipinski definition) is 1. The largest absolute Gasteiger partial charge is 0.475 e. The summed E-state index contributed by atoms with van der Waals surface area (Å²) in [7, 11) is 0. The van der Waals surface area contributed by atoms with Crippen LogP contribution in [-0.4, -0.2) is 16.0 Å². The van der Waals surface area contributed by atoms with Gasteiger partial charge in [0.05, 0.1) is 10.5 Å². The Kier molecular flexibility index (Phi) is 3.48. The van der Waals surface area contributed by atoms with Gasteiger partial charge in [-0.3, -0.25) is 10.1 Å². The van der Waals surface area contributed by atoms with Crippen LogP contribution in [-0.2, 0) is 5.41 Å². The third kappa shape index (κ3) is 2.58. The van der Waals surface area contributed by atoms with Gasteiger partial charge in [0.2, 0.25) is 5.76 Å². The second-order valence-electron chi connectivity index (χ2n) is 8.66. The zero-order valence-electron chi connectivity index (χ0n) is 14.9. The van der Waals surface area contributed by atoms with Crippen molar-refractivity contribution < 1.29 is 19.2 Å². The van der Waals surface area contributed by atoms with E-state index in [1.54, 1.807) is 12.1 Å². The first-order chi connectivity index (χ1) is 12.9. The molecule has 4 saturated carbocycles. The number of nitro groups is 1. The summed E-state index contributed by atoms with van der Waals surface area (Å²) in [4.78, 5) is 22.4. The fraction of sp³-hybridized carbons (Fsp3) is 0.476. The van der Waals surface area contributed by atoms with E-state index in [4.69, 9.17) is 9.52 Å². The third-order valence-corrected chi connectivity index (χ3v) is 6.93. The Morgan fingerprint density at radius 2 is 1.70 bits per heavy atom. The molecule has 0 saturated heterocycles. The molecule has 6 heteroatoms. The molecule has 0 spiro atoms. The highest BCUT2D eigenvalue weighted by Crippen LogP contribution is 2.61. The molecule has 6 nitrogen and oxygen atoms in total. The normalized spacial score (nSPS) is 31.2. The van der Waals surface area contributed by atoms with Gasteiger partial charge in [-0.25, -0.2) is 4.79 Å². The molecule has 4 bridgehead atoms.